The van der Waals surface area contributed by atoms with E-state index in [1.54, 1.807) is 7.05 Å². The van der Waals surface area contributed by atoms with E-state index in [-0.39, 0.29) is 34.0 Å². The van der Waals surface area contributed by atoms with Crippen LogP contribution >= 0.6 is 0 Å². The minimum atomic E-state index is -0.677. The summed E-state index contributed by atoms with van der Waals surface area (Å²) < 4.78 is 0. The van der Waals surface area contributed by atoms with Crippen LogP contribution < -0.4 is 5.43 Å². The fourth-order valence-corrected chi connectivity index (χ4v) is 1.75. The number of phenols is 2. The highest BCUT2D eigenvalue weighted by Gasteiger charge is 2.13. The largest absolute Gasteiger partial charge is 0.508 e. The molecule has 2 aromatic rings. The van der Waals surface area contributed by atoms with Crippen LogP contribution in [0.25, 0.3) is 0 Å². The van der Waals surface area contributed by atoms with Gasteiger partial charge >= 0.3 is 0 Å². The van der Waals surface area contributed by atoms with Crippen LogP contribution in [0.3, 0.4) is 0 Å². The zero-order chi connectivity index (χ0) is 19.7. The number of carbonyl (C=O) groups excluding carboxylic acids is 1. The van der Waals surface area contributed by atoms with Gasteiger partial charge in [0.15, 0.2) is 6.29 Å². The molecule has 0 aliphatic carbocycles. The van der Waals surface area contributed by atoms with E-state index in [9.17, 15) is 25.0 Å². The number of aromatic hydroxyl groups is 2. The fraction of sp³-hybridized carbons (Fsp3) is 0.0667. The number of aldehydes is 1. The predicted molar refractivity (Wildman–Crippen MR) is 91.6 cm³/mol. The smallest absolute Gasteiger partial charge is 0.280 e. The zero-order valence-corrected chi connectivity index (χ0v) is 13.4. The molecule has 0 heterocycles. The first kappa shape index (κ1) is 20.0. The van der Waals surface area contributed by atoms with Crippen molar-refractivity contribution in [2.24, 2.45) is 5.10 Å². The number of hydrogen-bond donors (Lipinski definition) is 3. The van der Waals surface area contributed by atoms with Gasteiger partial charge in [-0.2, -0.15) is 5.10 Å². The Morgan fingerprint density at radius 2 is 1.42 bits per heavy atom. The standard InChI is InChI=1S/C8H9N3O3.C7H5NO4/c1-9-10-5-6-4-7(12)2-3-8(6)11(13)14;9-4-5-3-6(10)1-2-7(5)8(11)12/h2-5,9,12H,1H3;1-4,10H/b10-5+;. The predicted octanol–water partition coefficient (Wildman–Crippen LogP) is 1.97. The summed E-state index contributed by atoms with van der Waals surface area (Å²) in [6.07, 6.45) is 1.61. The van der Waals surface area contributed by atoms with Gasteiger partial charge in [-0.25, -0.2) is 0 Å². The SMILES string of the molecule is CN/N=C/c1cc(O)ccc1[N+](=O)[O-].O=Cc1cc(O)ccc1[N+](=O)[O-]. The first-order valence-electron chi connectivity index (χ1n) is 6.90. The van der Waals surface area contributed by atoms with Crippen LogP contribution in [0.5, 0.6) is 11.5 Å². The highest BCUT2D eigenvalue weighted by Crippen LogP contribution is 2.22. The molecule has 3 N–H and O–H groups in total. The van der Waals surface area contributed by atoms with Crippen LogP contribution in [-0.2, 0) is 0 Å². The number of nitrogens with zero attached hydrogens (tertiary/aromatic N) is 3. The fourth-order valence-electron chi connectivity index (χ4n) is 1.75. The molecule has 0 spiro atoms. The van der Waals surface area contributed by atoms with Crippen molar-refractivity contribution in [1.29, 1.82) is 0 Å². The maximum absolute atomic E-state index is 10.5. The van der Waals surface area contributed by atoms with Crippen LogP contribution in [0.2, 0.25) is 0 Å². The van der Waals surface area contributed by atoms with Crippen molar-refractivity contribution in [2.75, 3.05) is 7.05 Å². The van der Waals surface area contributed by atoms with Gasteiger partial charge in [-0.05, 0) is 24.3 Å². The Morgan fingerprint density at radius 1 is 0.962 bits per heavy atom. The third-order valence-electron chi connectivity index (χ3n) is 2.88. The van der Waals surface area contributed by atoms with E-state index < -0.39 is 9.85 Å². The molecular formula is C15H14N4O7. The van der Waals surface area contributed by atoms with Gasteiger partial charge in [0.05, 0.1) is 27.2 Å². The van der Waals surface area contributed by atoms with Crippen molar-refractivity contribution in [3.05, 3.63) is 67.8 Å². The normalized spacial score (nSPS) is 9.88. The second kappa shape index (κ2) is 9.32. The second-order valence-electron chi connectivity index (χ2n) is 4.60. The van der Waals surface area contributed by atoms with Gasteiger partial charge in [-0.3, -0.25) is 25.0 Å². The maximum atomic E-state index is 10.5. The first-order chi connectivity index (χ1) is 12.3. The van der Waals surface area contributed by atoms with Crippen molar-refractivity contribution in [1.82, 2.24) is 5.43 Å². The molecule has 0 saturated heterocycles. The highest BCUT2D eigenvalue weighted by molar-refractivity contribution is 5.85. The molecule has 0 aliphatic rings. The molecule has 136 valence electrons. The molecule has 0 amide bonds. The molecule has 0 fully saturated rings. The van der Waals surface area contributed by atoms with Crippen LogP contribution in [0.15, 0.2) is 41.5 Å². The summed E-state index contributed by atoms with van der Waals surface area (Å²) in [6.45, 7) is 0. The average molecular weight is 362 g/mol. The van der Waals surface area contributed by atoms with Crippen LogP contribution in [0, 0.1) is 20.2 Å². The van der Waals surface area contributed by atoms with Crippen molar-refractivity contribution in [3.8, 4) is 11.5 Å². The molecule has 0 radical (unpaired) electrons. The third kappa shape index (κ3) is 5.56. The molecule has 0 aliphatic heterocycles. The number of benzene rings is 2. The van der Waals surface area contributed by atoms with Crippen molar-refractivity contribution in [2.45, 2.75) is 0 Å². The van der Waals surface area contributed by atoms with E-state index in [2.05, 4.69) is 10.5 Å². The molecule has 0 saturated carbocycles. The minimum absolute atomic E-state index is 0.0341. The lowest BCUT2D eigenvalue weighted by Crippen LogP contribution is -1.98. The van der Waals surface area contributed by atoms with Crippen molar-refractivity contribution in [3.63, 3.8) is 0 Å². The number of nitro benzene ring substituents is 2. The second-order valence-corrected chi connectivity index (χ2v) is 4.60. The van der Waals surface area contributed by atoms with Crippen LogP contribution in [0.4, 0.5) is 11.4 Å². The average Bonchev–Trinajstić information content (AvgIpc) is 2.59. The number of nitrogens with one attached hydrogen (secondary N) is 1. The van der Waals surface area contributed by atoms with Gasteiger partial charge < -0.3 is 15.6 Å². The maximum Gasteiger partial charge on any atom is 0.280 e. The molecule has 11 nitrogen and oxygen atoms in total. The molecule has 26 heavy (non-hydrogen) atoms. The molecule has 0 aromatic heterocycles. The summed E-state index contributed by atoms with van der Waals surface area (Å²) >= 11 is 0. The van der Waals surface area contributed by atoms with E-state index in [1.165, 1.54) is 24.4 Å². The monoisotopic (exact) mass is 362 g/mol. The molecule has 2 rings (SSSR count). The molecule has 0 atom stereocenters. The van der Waals surface area contributed by atoms with Gasteiger partial charge in [0.2, 0.25) is 0 Å². The Kier molecular flexibility index (Phi) is 7.18. The Morgan fingerprint density at radius 3 is 1.85 bits per heavy atom. The summed E-state index contributed by atoms with van der Waals surface area (Å²) in [5.74, 6) is -0.198. The molecular weight excluding hydrogens is 348 g/mol. The Bertz CT molecular complexity index is 852. The van der Waals surface area contributed by atoms with E-state index in [4.69, 9.17) is 10.2 Å². The summed E-state index contributed by atoms with van der Waals surface area (Å²) in [7, 11) is 1.57. The van der Waals surface area contributed by atoms with Crippen molar-refractivity contribution >= 4 is 23.9 Å². The van der Waals surface area contributed by atoms with E-state index in [0.29, 0.717) is 6.29 Å². The van der Waals surface area contributed by atoms with Gasteiger partial charge in [0.25, 0.3) is 11.4 Å². The Labute approximate surface area is 146 Å². The van der Waals surface area contributed by atoms with Gasteiger partial charge in [-0.15, -0.1) is 0 Å². The summed E-state index contributed by atoms with van der Waals surface area (Å²) in [5.41, 5.74) is 2.20. The number of rotatable bonds is 5. The summed E-state index contributed by atoms with van der Waals surface area (Å²) in [4.78, 5) is 29.9. The minimum Gasteiger partial charge on any atom is -0.508 e. The van der Waals surface area contributed by atoms with Gasteiger partial charge in [0, 0.05) is 19.2 Å². The lowest BCUT2D eigenvalue weighted by atomic mass is 10.2. The highest BCUT2D eigenvalue weighted by atomic mass is 16.6. The zero-order valence-electron chi connectivity index (χ0n) is 13.4. The van der Waals surface area contributed by atoms with E-state index in [1.807, 2.05) is 0 Å². The molecule has 0 bridgehead atoms. The first-order valence-corrected chi connectivity index (χ1v) is 6.90. The number of carbonyl (C=O) groups is 1. The van der Waals surface area contributed by atoms with Gasteiger partial charge in [0.1, 0.15) is 11.5 Å². The number of hydrogen-bond acceptors (Lipinski definition) is 9. The summed E-state index contributed by atoms with van der Waals surface area (Å²) in [5, 5.41) is 42.4. The van der Waals surface area contributed by atoms with E-state index in [0.717, 1.165) is 18.2 Å². The van der Waals surface area contributed by atoms with Crippen LogP contribution in [0.1, 0.15) is 15.9 Å². The molecule has 0 unspecified atom stereocenters. The Balaban J connectivity index is 0.000000263. The molecule has 11 heteroatoms. The van der Waals surface area contributed by atoms with Crippen LogP contribution in [-0.4, -0.2) is 39.6 Å². The number of phenolic OH excluding ortho intramolecular Hbond substituents is 2. The number of hydrazone groups is 1. The lowest BCUT2D eigenvalue weighted by Gasteiger charge is -1.97. The topological polar surface area (TPSA) is 168 Å². The quantitative estimate of drug-likeness (QED) is 0.314. The number of nitro groups is 2. The van der Waals surface area contributed by atoms with Gasteiger partial charge in [-0.1, -0.05) is 0 Å². The lowest BCUT2D eigenvalue weighted by molar-refractivity contribution is -0.385. The molecule has 2 aromatic carbocycles. The Hall–Kier alpha value is -4.02. The van der Waals surface area contributed by atoms with Crippen molar-refractivity contribution < 1.29 is 24.9 Å². The third-order valence-corrected chi connectivity index (χ3v) is 2.88. The summed E-state index contributed by atoms with van der Waals surface area (Å²) in [6, 6.07) is 7.05. The van der Waals surface area contributed by atoms with E-state index >= 15 is 0 Å².